The number of piperazine rings is 1. The molecule has 4 heteroatoms. The van der Waals surface area contributed by atoms with Gasteiger partial charge in [0.2, 0.25) is 5.91 Å². The molecule has 0 unspecified atom stereocenters. The Hall–Kier alpha value is -1.06. The van der Waals surface area contributed by atoms with Gasteiger partial charge in [0.15, 0.2) is 0 Å². The third-order valence-electron chi connectivity index (χ3n) is 7.71. The Morgan fingerprint density at radius 3 is 2.22 bits per heavy atom. The van der Waals surface area contributed by atoms with E-state index in [1.165, 1.54) is 44.1 Å². The molecule has 6 rings (SSSR count). The molecule has 0 N–H and O–H groups in total. The number of halogens is 1. The molecule has 4 bridgehead atoms. The molecule has 4 aliphatic carbocycles. The lowest BCUT2D eigenvalue weighted by Gasteiger charge is -2.57. The molecule has 146 valence electrons. The topological polar surface area (TPSA) is 23.6 Å². The molecule has 27 heavy (non-hydrogen) atoms. The highest BCUT2D eigenvalue weighted by Crippen LogP contribution is 2.61. The van der Waals surface area contributed by atoms with E-state index in [1.807, 2.05) is 18.2 Å². The summed E-state index contributed by atoms with van der Waals surface area (Å²) in [7, 11) is 0. The van der Waals surface area contributed by atoms with Crippen molar-refractivity contribution in [2.45, 2.75) is 51.5 Å². The van der Waals surface area contributed by atoms with Gasteiger partial charge in [-0.2, -0.15) is 0 Å². The highest BCUT2D eigenvalue weighted by atomic mass is 35.5. The summed E-state index contributed by atoms with van der Waals surface area (Å²) < 4.78 is 0. The highest BCUT2D eigenvalue weighted by molar-refractivity contribution is 6.30. The van der Waals surface area contributed by atoms with Crippen LogP contribution in [0.25, 0.3) is 0 Å². The number of carbonyl (C=O) groups excluding carboxylic acids is 1. The first-order chi connectivity index (χ1) is 13.1. The summed E-state index contributed by atoms with van der Waals surface area (Å²) >= 11 is 6.10. The van der Waals surface area contributed by atoms with Crippen LogP contribution >= 0.6 is 11.6 Å². The van der Waals surface area contributed by atoms with Crippen molar-refractivity contribution in [3.05, 3.63) is 34.9 Å². The van der Waals surface area contributed by atoms with E-state index < -0.39 is 0 Å². The van der Waals surface area contributed by atoms with Crippen LogP contribution in [-0.4, -0.2) is 41.9 Å². The number of hydrogen-bond donors (Lipinski definition) is 0. The summed E-state index contributed by atoms with van der Waals surface area (Å²) in [6, 6.07) is 8.12. The predicted molar refractivity (Wildman–Crippen MR) is 109 cm³/mol. The lowest BCUT2D eigenvalue weighted by molar-refractivity contribution is -0.141. The fourth-order valence-corrected chi connectivity index (χ4v) is 7.20. The largest absolute Gasteiger partial charge is 0.340 e. The first-order valence-electron chi connectivity index (χ1n) is 10.8. The number of amides is 1. The molecule has 5 aliphatic rings. The van der Waals surface area contributed by atoms with Crippen molar-refractivity contribution in [1.29, 1.82) is 0 Å². The van der Waals surface area contributed by atoms with Crippen LogP contribution in [0.1, 0.15) is 50.5 Å². The molecule has 3 nitrogen and oxygen atoms in total. The van der Waals surface area contributed by atoms with Gasteiger partial charge in [-0.25, -0.2) is 0 Å². The summed E-state index contributed by atoms with van der Waals surface area (Å²) in [6.07, 6.45) is 9.18. The minimum absolute atomic E-state index is 0.365. The van der Waals surface area contributed by atoms with Crippen LogP contribution < -0.4 is 0 Å². The van der Waals surface area contributed by atoms with Crippen molar-refractivity contribution >= 4 is 17.5 Å². The minimum atomic E-state index is 0.365. The molecule has 4 saturated carbocycles. The Balaban J connectivity index is 1.15. The van der Waals surface area contributed by atoms with Crippen LogP contribution in [0.2, 0.25) is 5.02 Å². The summed E-state index contributed by atoms with van der Waals surface area (Å²) in [6.45, 7) is 4.63. The lowest BCUT2D eigenvalue weighted by Crippen LogP contribution is -2.52. The van der Waals surface area contributed by atoms with E-state index in [0.717, 1.165) is 61.9 Å². The van der Waals surface area contributed by atoms with E-state index in [9.17, 15) is 4.79 Å². The van der Waals surface area contributed by atoms with Crippen molar-refractivity contribution < 1.29 is 4.79 Å². The zero-order chi connectivity index (χ0) is 18.4. The van der Waals surface area contributed by atoms with E-state index in [-0.39, 0.29) is 0 Å². The van der Waals surface area contributed by atoms with Gasteiger partial charge in [0.05, 0.1) is 0 Å². The maximum atomic E-state index is 13.1. The van der Waals surface area contributed by atoms with Gasteiger partial charge < -0.3 is 4.90 Å². The fourth-order valence-electron chi connectivity index (χ4n) is 6.99. The van der Waals surface area contributed by atoms with Crippen LogP contribution in [0, 0.1) is 23.2 Å². The fraction of sp³-hybridized carbons (Fsp3) is 0.696. The summed E-state index contributed by atoms with van der Waals surface area (Å²) in [4.78, 5) is 17.7. The molecule has 0 spiro atoms. The molecule has 5 fully saturated rings. The van der Waals surface area contributed by atoms with Crippen molar-refractivity contribution in [2.75, 3.05) is 26.2 Å². The molecule has 0 aromatic heterocycles. The molecule has 0 radical (unpaired) electrons. The Bertz CT molecular complexity index is 675. The lowest BCUT2D eigenvalue weighted by atomic mass is 9.49. The van der Waals surface area contributed by atoms with Gasteiger partial charge in [0.1, 0.15) is 0 Å². The molecule has 0 atom stereocenters. The summed E-state index contributed by atoms with van der Waals surface area (Å²) in [5, 5.41) is 0.803. The van der Waals surface area contributed by atoms with Gasteiger partial charge in [0.25, 0.3) is 0 Å². The average Bonchev–Trinajstić information content (AvgIpc) is 2.61. The van der Waals surface area contributed by atoms with Crippen molar-refractivity contribution in [3.63, 3.8) is 0 Å². The SMILES string of the molecule is O=C(CC12CC3CC(CC(C3)C1)C2)N1CCN(Cc2cccc(Cl)c2)CC1. The van der Waals surface area contributed by atoms with Crippen LogP contribution in [0.15, 0.2) is 24.3 Å². The van der Waals surface area contributed by atoms with Crippen LogP contribution in [-0.2, 0) is 11.3 Å². The van der Waals surface area contributed by atoms with Crippen molar-refractivity contribution in [1.82, 2.24) is 9.80 Å². The predicted octanol–water partition coefficient (Wildman–Crippen LogP) is 4.59. The molecule has 1 aromatic carbocycles. The molecular weight excluding hydrogens is 356 g/mol. The maximum Gasteiger partial charge on any atom is 0.223 e. The van der Waals surface area contributed by atoms with Gasteiger partial charge in [-0.1, -0.05) is 23.7 Å². The van der Waals surface area contributed by atoms with Gasteiger partial charge in [-0.15, -0.1) is 0 Å². The summed E-state index contributed by atoms with van der Waals surface area (Å²) in [5.74, 6) is 3.22. The Kier molecular flexibility index (Phi) is 4.72. The first-order valence-corrected chi connectivity index (χ1v) is 11.2. The van der Waals surface area contributed by atoms with Crippen LogP contribution in [0.3, 0.4) is 0 Å². The highest BCUT2D eigenvalue weighted by Gasteiger charge is 2.51. The van der Waals surface area contributed by atoms with Gasteiger partial charge in [-0.3, -0.25) is 9.69 Å². The van der Waals surface area contributed by atoms with E-state index in [4.69, 9.17) is 11.6 Å². The molecule has 1 amide bonds. The second-order valence-electron chi connectivity index (χ2n) is 9.88. The second-order valence-corrected chi connectivity index (χ2v) is 10.3. The monoisotopic (exact) mass is 386 g/mol. The third-order valence-corrected chi connectivity index (χ3v) is 7.95. The van der Waals surface area contributed by atoms with Crippen LogP contribution in [0.4, 0.5) is 0 Å². The Morgan fingerprint density at radius 1 is 1.00 bits per heavy atom. The number of carbonyl (C=O) groups is 1. The Labute approximate surface area is 168 Å². The molecule has 1 aromatic rings. The standard InChI is InChI=1S/C23H31ClN2O/c24-21-3-1-2-17(11-21)16-25-4-6-26(7-5-25)22(27)15-23-12-18-8-19(13-23)10-20(9-18)14-23/h1-3,11,18-20H,4-10,12-16H2. The van der Waals surface area contributed by atoms with Gasteiger partial charge in [0, 0.05) is 44.2 Å². The normalized spacial score (nSPS) is 35.6. The Morgan fingerprint density at radius 2 is 1.63 bits per heavy atom. The van der Waals surface area contributed by atoms with E-state index in [1.54, 1.807) is 0 Å². The van der Waals surface area contributed by atoms with E-state index >= 15 is 0 Å². The smallest absolute Gasteiger partial charge is 0.223 e. The second kappa shape index (κ2) is 7.08. The van der Waals surface area contributed by atoms with Crippen LogP contribution in [0.5, 0.6) is 0 Å². The molecule has 1 aliphatic heterocycles. The summed E-state index contributed by atoms with van der Waals surface area (Å²) in [5.41, 5.74) is 1.62. The number of benzene rings is 1. The van der Waals surface area contributed by atoms with Gasteiger partial charge in [-0.05, 0) is 79.4 Å². The average molecular weight is 387 g/mol. The molecule has 1 heterocycles. The third kappa shape index (κ3) is 3.78. The minimum Gasteiger partial charge on any atom is -0.340 e. The van der Waals surface area contributed by atoms with Crippen molar-refractivity contribution in [2.24, 2.45) is 23.2 Å². The van der Waals surface area contributed by atoms with E-state index in [0.29, 0.717) is 11.3 Å². The quantitative estimate of drug-likeness (QED) is 0.755. The first kappa shape index (κ1) is 18.0. The maximum absolute atomic E-state index is 13.1. The molecular formula is C23H31ClN2O. The molecule has 1 saturated heterocycles. The number of hydrogen-bond acceptors (Lipinski definition) is 2. The van der Waals surface area contributed by atoms with Crippen molar-refractivity contribution in [3.8, 4) is 0 Å². The number of nitrogens with zero attached hydrogens (tertiary/aromatic N) is 2. The zero-order valence-electron chi connectivity index (χ0n) is 16.2. The van der Waals surface area contributed by atoms with E-state index in [2.05, 4.69) is 15.9 Å². The zero-order valence-corrected chi connectivity index (χ0v) is 17.0. The number of rotatable bonds is 4. The van der Waals surface area contributed by atoms with Gasteiger partial charge >= 0.3 is 0 Å².